The van der Waals surface area contributed by atoms with Crippen molar-refractivity contribution in [2.45, 2.75) is 39.5 Å². The number of H-pyrrole nitrogens is 1. The van der Waals surface area contributed by atoms with Crippen LogP contribution in [0.25, 0.3) is 11.0 Å². The largest absolute Gasteiger partial charge is 0.357 e. The standard InChI is InChI=1S/C13H18N2/c1-8(2)10-5-13-12(14-7-10)6-11(15-13)9(3)4/h5-9,15H,1-4H3. The third kappa shape index (κ3) is 1.89. The zero-order valence-corrected chi connectivity index (χ0v) is 9.83. The first-order valence-corrected chi connectivity index (χ1v) is 5.56. The Bertz CT molecular complexity index is 460. The first-order chi connectivity index (χ1) is 7.08. The van der Waals surface area contributed by atoms with Crippen molar-refractivity contribution in [3.8, 4) is 0 Å². The van der Waals surface area contributed by atoms with Gasteiger partial charge in [-0.2, -0.15) is 0 Å². The van der Waals surface area contributed by atoms with Crippen LogP contribution < -0.4 is 0 Å². The first kappa shape index (κ1) is 10.2. The molecule has 0 amide bonds. The van der Waals surface area contributed by atoms with Crippen molar-refractivity contribution < 1.29 is 0 Å². The monoisotopic (exact) mass is 202 g/mol. The highest BCUT2D eigenvalue weighted by Crippen LogP contribution is 2.22. The first-order valence-electron chi connectivity index (χ1n) is 5.56. The normalized spacial score (nSPS) is 11.9. The third-order valence-electron chi connectivity index (χ3n) is 2.80. The highest BCUT2D eigenvalue weighted by atomic mass is 14.8. The van der Waals surface area contributed by atoms with E-state index in [4.69, 9.17) is 0 Å². The Hall–Kier alpha value is -1.31. The number of pyridine rings is 1. The maximum absolute atomic E-state index is 4.47. The molecular formula is C13H18N2. The molecular weight excluding hydrogens is 184 g/mol. The van der Waals surface area contributed by atoms with E-state index in [1.54, 1.807) is 0 Å². The Morgan fingerprint density at radius 3 is 2.40 bits per heavy atom. The van der Waals surface area contributed by atoms with Crippen molar-refractivity contribution in [2.75, 3.05) is 0 Å². The van der Waals surface area contributed by atoms with Crippen molar-refractivity contribution >= 4 is 11.0 Å². The van der Waals surface area contributed by atoms with Crippen LogP contribution in [0.3, 0.4) is 0 Å². The van der Waals surface area contributed by atoms with Gasteiger partial charge in [0.05, 0.1) is 11.0 Å². The summed E-state index contributed by atoms with van der Waals surface area (Å²) in [6.07, 6.45) is 1.98. The van der Waals surface area contributed by atoms with Crippen LogP contribution >= 0.6 is 0 Å². The Kier molecular flexibility index (Phi) is 2.51. The molecule has 0 saturated carbocycles. The van der Waals surface area contributed by atoms with Crippen LogP contribution in [-0.4, -0.2) is 9.97 Å². The molecule has 0 aliphatic rings. The molecule has 15 heavy (non-hydrogen) atoms. The number of rotatable bonds is 2. The summed E-state index contributed by atoms with van der Waals surface area (Å²) in [5, 5.41) is 0. The van der Waals surface area contributed by atoms with Crippen LogP contribution in [0.1, 0.15) is 50.8 Å². The SMILES string of the molecule is CC(C)c1cnc2cc(C(C)C)[nH]c2c1. The molecule has 80 valence electrons. The summed E-state index contributed by atoms with van der Waals surface area (Å²) >= 11 is 0. The Balaban J connectivity index is 2.52. The molecule has 0 atom stereocenters. The van der Waals surface area contributed by atoms with Crippen molar-refractivity contribution in [3.63, 3.8) is 0 Å². The minimum absolute atomic E-state index is 0.529. The molecule has 0 aromatic carbocycles. The zero-order valence-electron chi connectivity index (χ0n) is 9.83. The number of hydrogen-bond acceptors (Lipinski definition) is 1. The fourth-order valence-corrected chi connectivity index (χ4v) is 1.67. The summed E-state index contributed by atoms with van der Waals surface area (Å²) in [5.74, 6) is 1.06. The number of fused-ring (bicyclic) bond motifs is 1. The van der Waals surface area contributed by atoms with Crippen molar-refractivity contribution in [3.05, 3.63) is 29.6 Å². The van der Waals surface area contributed by atoms with Crippen LogP contribution in [0, 0.1) is 0 Å². The van der Waals surface area contributed by atoms with Gasteiger partial charge in [0, 0.05) is 11.9 Å². The fraction of sp³-hybridized carbons (Fsp3) is 0.462. The summed E-state index contributed by atoms with van der Waals surface area (Å²) in [4.78, 5) is 7.90. The molecule has 0 aliphatic carbocycles. The molecule has 2 heterocycles. The number of nitrogens with one attached hydrogen (secondary N) is 1. The van der Waals surface area contributed by atoms with Gasteiger partial charge in [0.1, 0.15) is 0 Å². The quantitative estimate of drug-likeness (QED) is 0.788. The molecule has 0 saturated heterocycles. The smallest absolute Gasteiger partial charge is 0.0881 e. The van der Waals surface area contributed by atoms with Crippen LogP contribution in [0.2, 0.25) is 0 Å². The fourth-order valence-electron chi connectivity index (χ4n) is 1.67. The van der Waals surface area contributed by atoms with E-state index in [2.05, 4.69) is 49.8 Å². The molecule has 2 heteroatoms. The van der Waals surface area contributed by atoms with Crippen LogP contribution in [-0.2, 0) is 0 Å². The van der Waals surface area contributed by atoms with E-state index in [0.29, 0.717) is 11.8 Å². The lowest BCUT2D eigenvalue weighted by Gasteiger charge is -2.03. The van der Waals surface area contributed by atoms with Gasteiger partial charge in [0.15, 0.2) is 0 Å². The number of hydrogen-bond donors (Lipinski definition) is 1. The third-order valence-corrected chi connectivity index (χ3v) is 2.80. The summed E-state index contributed by atoms with van der Waals surface area (Å²) in [5.41, 5.74) is 4.78. The van der Waals surface area contributed by atoms with Crippen LogP contribution in [0.4, 0.5) is 0 Å². The molecule has 1 N–H and O–H groups in total. The highest BCUT2D eigenvalue weighted by molar-refractivity contribution is 5.76. The van der Waals surface area contributed by atoms with Gasteiger partial charge in [-0.3, -0.25) is 4.98 Å². The second-order valence-corrected chi connectivity index (χ2v) is 4.74. The van der Waals surface area contributed by atoms with Gasteiger partial charge in [-0.05, 0) is 29.5 Å². The van der Waals surface area contributed by atoms with Crippen molar-refractivity contribution in [1.82, 2.24) is 9.97 Å². The highest BCUT2D eigenvalue weighted by Gasteiger charge is 2.07. The van der Waals surface area contributed by atoms with E-state index in [1.807, 2.05) is 6.20 Å². The van der Waals surface area contributed by atoms with E-state index in [-0.39, 0.29) is 0 Å². The molecule has 2 aromatic heterocycles. The maximum atomic E-state index is 4.47. The molecule has 0 fully saturated rings. The van der Waals surface area contributed by atoms with E-state index in [0.717, 1.165) is 11.0 Å². The Morgan fingerprint density at radius 2 is 1.80 bits per heavy atom. The lowest BCUT2D eigenvalue weighted by atomic mass is 10.1. The number of nitrogens with zero attached hydrogens (tertiary/aromatic N) is 1. The molecule has 0 spiro atoms. The van der Waals surface area contributed by atoms with E-state index >= 15 is 0 Å². The second-order valence-electron chi connectivity index (χ2n) is 4.74. The summed E-state index contributed by atoms with van der Waals surface area (Å²) in [6.45, 7) is 8.76. The molecule has 0 unspecified atom stereocenters. The van der Waals surface area contributed by atoms with Crippen molar-refractivity contribution in [1.29, 1.82) is 0 Å². The lowest BCUT2D eigenvalue weighted by molar-refractivity contribution is 0.836. The van der Waals surface area contributed by atoms with E-state index in [1.165, 1.54) is 11.3 Å². The van der Waals surface area contributed by atoms with Gasteiger partial charge in [-0.1, -0.05) is 27.7 Å². The van der Waals surface area contributed by atoms with Gasteiger partial charge in [0.2, 0.25) is 0 Å². The van der Waals surface area contributed by atoms with Crippen LogP contribution in [0.5, 0.6) is 0 Å². The Labute approximate surface area is 90.7 Å². The van der Waals surface area contributed by atoms with E-state index < -0.39 is 0 Å². The maximum Gasteiger partial charge on any atom is 0.0881 e. The summed E-state index contributed by atoms with van der Waals surface area (Å²) < 4.78 is 0. The summed E-state index contributed by atoms with van der Waals surface area (Å²) in [7, 11) is 0. The van der Waals surface area contributed by atoms with Gasteiger partial charge in [-0.15, -0.1) is 0 Å². The minimum Gasteiger partial charge on any atom is -0.357 e. The van der Waals surface area contributed by atoms with Gasteiger partial charge in [-0.25, -0.2) is 0 Å². The topological polar surface area (TPSA) is 28.7 Å². The Morgan fingerprint density at radius 1 is 1.07 bits per heavy atom. The predicted octanol–water partition coefficient (Wildman–Crippen LogP) is 3.81. The number of aromatic amines is 1. The number of aromatic nitrogens is 2. The second kappa shape index (κ2) is 3.69. The zero-order chi connectivity index (χ0) is 11.0. The molecule has 0 aliphatic heterocycles. The van der Waals surface area contributed by atoms with Crippen molar-refractivity contribution in [2.24, 2.45) is 0 Å². The molecule has 2 rings (SSSR count). The van der Waals surface area contributed by atoms with Gasteiger partial charge >= 0.3 is 0 Å². The molecule has 0 bridgehead atoms. The molecule has 0 radical (unpaired) electrons. The van der Waals surface area contributed by atoms with Crippen LogP contribution in [0.15, 0.2) is 18.3 Å². The van der Waals surface area contributed by atoms with Gasteiger partial charge in [0.25, 0.3) is 0 Å². The van der Waals surface area contributed by atoms with E-state index in [9.17, 15) is 0 Å². The average Bonchev–Trinajstić information content (AvgIpc) is 2.59. The molecule has 2 aromatic rings. The minimum atomic E-state index is 0.529. The lowest BCUT2D eigenvalue weighted by Crippen LogP contribution is -1.88. The molecule has 2 nitrogen and oxygen atoms in total. The predicted molar refractivity (Wildman–Crippen MR) is 64.3 cm³/mol. The average molecular weight is 202 g/mol. The summed E-state index contributed by atoms with van der Waals surface area (Å²) in [6, 6.07) is 4.35. The van der Waals surface area contributed by atoms with Gasteiger partial charge < -0.3 is 4.98 Å².